The van der Waals surface area contributed by atoms with Gasteiger partial charge in [-0.25, -0.2) is 4.39 Å². The van der Waals surface area contributed by atoms with Crippen LogP contribution in [0.5, 0.6) is 0 Å². The Bertz CT molecular complexity index is 439. The maximum atomic E-state index is 13.6. The molecule has 1 aromatic carbocycles. The number of piperazine rings is 1. The van der Waals surface area contributed by atoms with E-state index >= 15 is 0 Å². The fourth-order valence-electron chi connectivity index (χ4n) is 1.95. The van der Waals surface area contributed by atoms with Crippen LogP contribution >= 0.6 is 22.6 Å². The quantitative estimate of drug-likeness (QED) is 0.786. The topological polar surface area (TPSA) is 32.3 Å². The van der Waals surface area contributed by atoms with Crippen LogP contribution < -0.4 is 5.32 Å². The van der Waals surface area contributed by atoms with Crippen molar-refractivity contribution in [3.8, 4) is 0 Å². The molecular formula is C12H14FIN2O. The van der Waals surface area contributed by atoms with Crippen molar-refractivity contribution in [3.63, 3.8) is 0 Å². The molecule has 92 valence electrons. The van der Waals surface area contributed by atoms with Crippen molar-refractivity contribution in [3.05, 3.63) is 33.1 Å². The Hall–Kier alpha value is -0.690. The van der Waals surface area contributed by atoms with E-state index in [1.807, 2.05) is 6.92 Å². The van der Waals surface area contributed by atoms with Crippen LogP contribution in [0.15, 0.2) is 18.2 Å². The summed E-state index contributed by atoms with van der Waals surface area (Å²) < 4.78 is 14.5. The SMILES string of the molecule is CC1CN(C(=O)c2cc(I)ccc2F)CCN1. The monoisotopic (exact) mass is 348 g/mol. The van der Waals surface area contributed by atoms with Gasteiger partial charge in [-0.1, -0.05) is 0 Å². The normalized spacial score (nSPS) is 20.4. The van der Waals surface area contributed by atoms with Gasteiger partial charge in [0, 0.05) is 29.2 Å². The lowest BCUT2D eigenvalue weighted by Crippen LogP contribution is -2.51. The Morgan fingerprint density at radius 3 is 3.06 bits per heavy atom. The smallest absolute Gasteiger partial charge is 0.256 e. The first kappa shape index (κ1) is 12.8. The van der Waals surface area contributed by atoms with Crippen LogP contribution in [0.25, 0.3) is 0 Å². The fourth-order valence-corrected chi connectivity index (χ4v) is 2.44. The number of halogens is 2. The average Bonchev–Trinajstić information content (AvgIpc) is 2.31. The van der Waals surface area contributed by atoms with E-state index < -0.39 is 5.82 Å². The molecule has 1 unspecified atom stereocenters. The summed E-state index contributed by atoms with van der Waals surface area (Å²) in [6.07, 6.45) is 0. The minimum Gasteiger partial charge on any atom is -0.336 e. The lowest BCUT2D eigenvalue weighted by molar-refractivity contribution is 0.0704. The highest BCUT2D eigenvalue weighted by atomic mass is 127. The molecule has 1 N–H and O–H groups in total. The van der Waals surface area contributed by atoms with Crippen LogP contribution in [0.3, 0.4) is 0 Å². The molecule has 1 aromatic rings. The molecule has 17 heavy (non-hydrogen) atoms. The summed E-state index contributed by atoms with van der Waals surface area (Å²) in [6.45, 7) is 4.04. The molecule has 0 aromatic heterocycles. The number of hydrogen-bond donors (Lipinski definition) is 1. The van der Waals surface area contributed by atoms with Crippen molar-refractivity contribution in [2.75, 3.05) is 19.6 Å². The molecule has 5 heteroatoms. The van der Waals surface area contributed by atoms with Gasteiger partial charge in [-0.3, -0.25) is 4.79 Å². The lowest BCUT2D eigenvalue weighted by Gasteiger charge is -2.32. The van der Waals surface area contributed by atoms with Gasteiger partial charge >= 0.3 is 0 Å². The molecule has 0 spiro atoms. The minimum atomic E-state index is -0.443. The Morgan fingerprint density at radius 1 is 1.59 bits per heavy atom. The standard InChI is InChI=1S/C12H14FIN2O/c1-8-7-16(5-4-15-8)12(17)10-6-9(14)2-3-11(10)13/h2-3,6,8,15H,4-5,7H2,1H3. The summed E-state index contributed by atoms with van der Waals surface area (Å²) in [6, 6.07) is 4.87. The molecule has 0 aliphatic carbocycles. The largest absolute Gasteiger partial charge is 0.336 e. The number of rotatable bonds is 1. The Labute approximate surface area is 114 Å². The molecule has 0 radical (unpaired) electrons. The molecule has 1 atom stereocenters. The van der Waals surface area contributed by atoms with Crippen LogP contribution in [0.4, 0.5) is 4.39 Å². The maximum Gasteiger partial charge on any atom is 0.256 e. The van der Waals surface area contributed by atoms with Gasteiger partial charge < -0.3 is 10.2 Å². The van der Waals surface area contributed by atoms with Crippen LogP contribution in [0.1, 0.15) is 17.3 Å². The number of amides is 1. The predicted octanol–water partition coefficient (Wildman–Crippen LogP) is 1.86. The van der Waals surface area contributed by atoms with Gasteiger partial charge in [-0.15, -0.1) is 0 Å². The van der Waals surface area contributed by atoms with Crippen molar-refractivity contribution >= 4 is 28.5 Å². The van der Waals surface area contributed by atoms with Gasteiger partial charge in [0.2, 0.25) is 0 Å². The second-order valence-electron chi connectivity index (χ2n) is 4.23. The van der Waals surface area contributed by atoms with Gasteiger partial charge in [0.15, 0.2) is 0 Å². The molecule has 0 bridgehead atoms. The average molecular weight is 348 g/mol. The third kappa shape index (κ3) is 2.95. The van der Waals surface area contributed by atoms with Crippen LogP contribution in [0.2, 0.25) is 0 Å². The van der Waals surface area contributed by atoms with E-state index in [9.17, 15) is 9.18 Å². The van der Waals surface area contributed by atoms with E-state index in [-0.39, 0.29) is 17.5 Å². The highest BCUT2D eigenvalue weighted by Crippen LogP contribution is 2.15. The molecule has 1 heterocycles. The van der Waals surface area contributed by atoms with E-state index in [0.717, 1.165) is 10.1 Å². The molecule has 1 aliphatic heterocycles. The molecule has 1 amide bonds. The van der Waals surface area contributed by atoms with Crippen LogP contribution in [-0.2, 0) is 0 Å². The van der Waals surface area contributed by atoms with Crippen molar-refractivity contribution < 1.29 is 9.18 Å². The van der Waals surface area contributed by atoms with Gasteiger partial charge in [0.05, 0.1) is 5.56 Å². The maximum absolute atomic E-state index is 13.6. The molecule has 2 rings (SSSR count). The number of carbonyl (C=O) groups is 1. The molecule has 1 fully saturated rings. The Kier molecular flexibility index (Phi) is 3.98. The predicted molar refractivity (Wildman–Crippen MR) is 72.5 cm³/mol. The van der Waals surface area contributed by atoms with Gasteiger partial charge in [-0.05, 0) is 47.7 Å². The zero-order valence-electron chi connectivity index (χ0n) is 9.54. The summed E-state index contributed by atoms with van der Waals surface area (Å²) >= 11 is 2.08. The first-order valence-corrected chi connectivity index (χ1v) is 6.63. The molecule has 0 saturated carbocycles. The highest BCUT2D eigenvalue weighted by Gasteiger charge is 2.23. The van der Waals surface area contributed by atoms with E-state index in [1.54, 1.807) is 17.0 Å². The first-order valence-electron chi connectivity index (χ1n) is 5.55. The summed E-state index contributed by atoms with van der Waals surface area (Å²) in [4.78, 5) is 13.9. The number of hydrogen-bond acceptors (Lipinski definition) is 2. The zero-order chi connectivity index (χ0) is 12.4. The third-order valence-corrected chi connectivity index (χ3v) is 3.49. The van der Waals surface area contributed by atoms with Gasteiger partial charge in [0.1, 0.15) is 5.82 Å². The summed E-state index contributed by atoms with van der Waals surface area (Å²) in [5.41, 5.74) is 0.172. The number of carbonyl (C=O) groups excluding carboxylic acids is 1. The lowest BCUT2D eigenvalue weighted by atomic mass is 10.1. The summed E-state index contributed by atoms with van der Waals surface area (Å²) in [5.74, 6) is -0.657. The molecule has 1 aliphatic rings. The zero-order valence-corrected chi connectivity index (χ0v) is 11.7. The van der Waals surface area contributed by atoms with E-state index in [1.165, 1.54) is 6.07 Å². The minimum absolute atomic E-state index is 0.172. The van der Waals surface area contributed by atoms with Gasteiger partial charge in [0.25, 0.3) is 5.91 Å². The fraction of sp³-hybridized carbons (Fsp3) is 0.417. The third-order valence-electron chi connectivity index (χ3n) is 2.81. The van der Waals surface area contributed by atoms with E-state index in [4.69, 9.17) is 0 Å². The summed E-state index contributed by atoms with van der Waals surface area (Å²) in [5, 5.41) is 3.26. The Morgan fingerprint density at radius 2 is 2.35 bits per heavy atom. The number of benzene rings is 1. The van der Waals surface area contributed by atoms with Crippen molar-refractivity contribution in [1.29, 1.82) is 0 Å². The number of nitrogens with zero attached hydrogens (tertiary/aromatic N) is 1. The highest BCUT2D eigenvalue weighted by molar-refractivity contribution is 14.1. The number of nitrogens with one attached hydrogen (secondary N) is 1. The van der Waals surface area contributed by atoms with Crippen molar-refractivity contribution in [2.24, 2.45) is 0 Å². The second kappa shape index (κ2) is 5.30. The summed E-state index contributed by atoms with van der Waals surface area (Å²) in [7, 11) is 0. The van der Waals surface area contributed by atoms with Crippen LogP contribution in [-0.4, -0.2) is 36.5 Å². The Balaban J connectivity index is 2.21. The molecule has 3 nitrogen and oxygen atoms in total. The first-order chi connectivity index (χ1) is 8.08. The van der Waals surface area contributed by atoms with Crippen molar-refractivity contribution in [1.82, 2.24) is 10.2 Å². The van der Waals surface area contributed by atoms with Crippen LogP contribution in [0, 0.1) is 9.39 Å². The van der Waals surface area contributed by atoms with Crippen molar-refractivity contribution in [2.45, 2.75) is 13.0 Å². The van der Waals surface area contributed by atoms with Gasteiger partial charge in [-0.2, -0.15) is 0 Å². The molecular weight excluding hydrogens is 334 g/mol. The van der Waals surface area contributed by atoms with E-state index in [2.05, 4.69) is 27.9 Å². The molecule has 1 saturated heterocycles. The second-order valence-corrected chi connectivity index (χ2v) is 5.48. The van der Waals surface area contributed by atoms with E-state index in [0.29, 0.717) is 13.1 Å².